The second-order valence-corrected chi connectivity index (χ2v) is 28.5. The number of hydrogen-bond donors (Lipinski definition) is 10. The molecule has 40 heteroatoms. The number of carboxylic acid groups (broad SMARTS) is 3. The lowest BCUT2D eigenvalue weighted by Crippen LogP contribution is -2.57. The van der Waals surface area contributed by atoms with Crippen LogP contribution >= 0.6 is 0 Å². The predicted octanol–water partition coefficient (Wildman–Crippen LogP) is 20.9. The van der Waals surface area contributed by atoms with Gasteiger partial charge >= 0.3 is 74.2 Å². The highest BCUT2D eigenvalue weighted by atomic mass is 19.4. The molecule has 22 nitrogen and oxygen atoms in total. The number of allylic oxidation sites excluding steroid dienone is 1. The van der Waals surface area contributed by atoms with Crippen LogP contribution in [0.5, 0.6) is 34.5 Å². The maximum atomic E-state index is 13.8. The van der Waals surface area contributed by atoms with Crippen molar-refractivity contribution in [3.8, 4) is 34.5 Å². The van der Waals surface area contributed by atoms with Crippen LogP contribution in [-0.2, 0) is 56.7 Å². The summed E-state index contributed by atoms with van der Waals surface area (Å²) in [6, 6.07) is 53.5. The Labute approximate surface area is 743 Å². The monoisotopic (exact) mass is 1870 g/mol. The van der Waals surface area contributed by atoms with E-state index in [0.717, 1.165) is 90.8 Å². The first-order valence-electron chi connectivity index (χ1n) is 38.2. The lowest BCUT2D eigenvalue weighted by molar-refractivity contribution is -0.275. The van der Waals surface area contributed by atoms with Crippen molar-refractivity contribution in [2.75, 3.05) is 6.54 Å². The third kappa shape index (κ3) is 32.4. The van der Waals surface area contributed by atoms with Gasteiger partial charge in [-0.2, -0.15) is 0 Å². The number of nitrogens with one attached hydrogen (secondary N) is 6. The number of amides is 6. The van der Waals surface area contributed by atoms with Crippen molar-refractivity contribution in [2.45, 2.75) is 147 Å². The Hall–Kier alpha value is -14.3. The minimum absolute atomic E-state index is 0. The number of fused-ring (bicyclic) bond motifs is 1. The Morgan fingerprint density at radius 1 is 0.356 bits per heavy atom. The van der Waals surface area contributed by atoms with E-state index in [2.05, 4.69) is 60.3 Å². The van der Waals surface area contributed by atoms with Gasteiger partial charge in [-0.1, -0.05) is 216 Å². The molecule has 0 unspecified atom stereocenters. The van der Waals surface area contributed by atoms with Crippen molar-refractivity contribution >= 4 is 41.6 Å². The lowest BCUT2D eigenvalue weighted by Gasteiger charge is -2.37. The quantitative estimate of drug-likeness (QED) is 0.0138. The van der Waals surface area contributed by atoms with Gasteiger partial charge in [0.05, 0.1) is 22.7 Å². The molecule has 6 amide bonds. The maximum absolute atomic E-state index is 13.8. The fraction of sp³-hybridized carbons (Fsp3) is 0.261. The zero-order valence-electron chi connectivity index (χ0n) is 66.8. The van der Waals surface area contributed by atoms with E-state index in [1.807, 2.05) is 24.3 Å². The number of hydrogen-bond acceptors (Lipinski definition) is 13. The molecule has 0 radical (unpaired) electrons. The van der Waals surface area contributed by atoms with Crippen LogP contribution in [0.1, 0.15) is 110 Å². The molecule has 0 saturated carbocycles. The van der Waals surface area contributed by atoms with Crippen LogP contribution in [0.25, 0.3) is 5.57 Å². The molecule has 0 aromatic heterocycles. The number of rotatable bonds is 32. The van der Waals surface area contributed by atoms with E-state index in [9.17, 15) is 123 Å². The number of carbonyl (C=O) groups is 6. The van der Waals surface area contributed by atoms with Crippen LogP contribution in [0, 0.1) is 0 Å². The number of carbonyl (C=O) groups excluding carboxylic acids is 3. The number of aliphatic hydroxyl groups is 1. The first kappa shape index (κ1) is 106. The molecule has 0 spiro atoms. The van der Waals surface area contributed by atoms with Crippen molar-refractivity contribution in [3.05, 3.63) is 328 Å². The summed E-state index contributed by atoms with van der Waals surface area (Å²) in [5.74, 6) is -7.95. The molecule has 708 valence electrons. The van der Waals surface area contributed by atoms with Gasteiger partial charge in [-0.3, -0.25) is 4.79 Å². The number of aliphatic carboxylic acids is 3. The molecule has 0 fully saturated rings. The second-order valence-electron chi connectivity index (χ2n) is 28.5. The summed E-state index contributed by atoms with van der Waals surface area (Å²) in [6.07, 6.45) is -30.3. The maximum Gasteiger partial charge on any atom is 0.573 e. The Bertz CT molecular complexity index is 5330. The standard InChI is InChI=1S/C35H28F6N2O5.C27H24F6N2O6.C27H24F6N2O5.3CH4/c36-34(37,38)47-27-13-6-11-25(19-27)33(21-22-8-2-1-3-9-22,26-12-7-14-28(20-26)48-35(39,40)41)43-32(46)42-30(31(44)45)18-24-17-16-23-10-4-5-15-29(23)24;1-16(36)22(23(37)38)34-24(39)35-25(15-17-7-3-2-4-8-17,18-9-5-11-20(13-18)40-26(28,29)30)19-10-6-12-21(14-19)41-27(31,32)33;28-26(29,30)39-21-11-4-9-19(15-21)25(17-18-7-2-1-3-8-18,35-24(38)34-14-6-13-23(36)37)20-10-5-12-22(16-20)40-27(31,32)33;;;/h1-15,17,19-20,30H,16,18,21H2,(H,44,45)(H2,42,43,46);2-14,16,22,36H,15H2,1H3,(H,37,38)(H2,34,35,39);1-5,7-12,15-16H,6,13-14,17H2,(H,36,37)(H2,34,35,38);3*1H4/t30-;16-,22+;;;;/m01..../s1. The van der Waals surface area contributed by atoms with E-state index in [0.29, 0.717) is 28.7 Å². The third-order valence-electron chi connectivity index (χ3n) is 19.1. The summed E-state index contributed by atoms with van der Waals surface area (Å²) in [4.78, 5) is 74.9. The summed E-state index contributed by atoms with van der Waals surface area (Å²) in [6.45, 7) is 1.04. The molecule has 0 heterocycles. The van der Waals surface area contributed by atoms with Gasteiger partial charge < -0.3 is 80.7 Å². The number of halogens is 18. The van der Waals surface area contributed by atoms with Gasteiger partial charge in [0.2, 0.25) is 0 Å². The van der Waals surface area contributed by atoms with Crippen LogP contribution in [-0.4, -0.2) is 119 Å². The molecule has 1 aliphatic rings. The molecule has 132 heavy (non-hydrogen) atoms. The van der Waals surface area contributed by atoms with Crippen molar-refractivity contribution in [1.29, 1.82) is 0 Å². The third-order valence-corrected chi connectivity index (χ3v) is 19.1. The van der Waals surface area contributed by atoms with E-state index in [1.165, 1.54) is 72.8 Å². The number of aliphatic hydroxyl groups excluding tert-OH is 1. The van der Waals surface area contributed by atoms with Gasteiger partial charge in [-0.25, -0.2) is 24.0 Å². The van der Waals surface area contributed by atoms with Crippen LogP contribution in [0.2, 0.25) is 0 Å². The first-order chi connectivity index (χ1) is 60.5. The van der Waals surface area contributed by atoms with Crippen molar-refractivity contribution in [3.63, 3.8) is 0 Å². The van der Waals surface area contributed by atoms with Crippen molar-refractivity contribution < 1.29 is 157 Å². The van der Waals surface area contributed by atoms with E-state index in [4.69, 9.17) is 5.11 Å². The predicted molar refractivity (Wildman–Crippen MR) is 446 cm³/mol. The molecule has 10 N–H and O–H groups in total. The highest BCUT2D eigenvalue weighted by molar-refractivity contribution is 5.87. The van der Waals surface area contributed by atoms with E-state index in [-0.39, 0.29) is 101 Å². The van der Waals surface area contributed by atoms with E-state index in [1.54, 1.807) is 97.1 Å². The first-order valence-corrected chi connectivity index (χ1v) is 38.2. The van der Waals surface area contributed by atoms with Crippen molar-refractivity contribution in [2.24, 2.45) is 0 Å². The Morgan fingerprint density at radius 2 is 0.636 bits per heavy atom. The topological polar surface area (TPSA) is 311 Å². The lowest BCUT2D eigenvalue weighted by atomic mass is 9.77. The zero-order chi connectivity index (χ0) is 94.3. The molecule has 11 rings (SSSR count). The van der Waals surface area contributed by atoms with Gasteiger partial charge in [0, 0.05) is 38.6 Å². The van der Waals surface area contributed by atoms with Gasteiger partial charge in [0.15, 0.2) is 6.04 Å². The highest BCUT2D eigenvalue weighted by Crippen LogP contribution is 2.44. The number of alkyl halides is 18. The molecule has 1 aliphatic carbocycles. The summed E-state index contributed by atoms with van der Waals surface area (Å²) in [5, 5.41) is 53.1. The SMILES string of the molecule is C.C.C.C[C@@H](O)[C@H](NC(=O)NC(Cc1ccccc1)(c1cccc(OC(F)(F)F)c1)c1cccc(OC(F)(F)F)c1)C(=O)O.O=C(N[C@@H](CC1=CCc2ccccc21)C(=O)O)NC(Cc1ccccc1)(c1cccc(OC(F)(F)F)c1)c1cccc(OC(F)(F)F)c1.O=C(O)CCCNC(=O)NC(Cc1ccccc1)(c1cccc(OC(F)(F)F)c1)c1cccc(OC(F)(F)F)c1. The minimum atomic E-state index is -5.09. The van der Waals surface area contributed by atoms with Crippen molar-refractivity contribution in [1.82, 2.24) is 31.9 Å². The normalized spacial score (nSPS) is 12.8. The number of ether oxygens (including phenoxy) is 6. The number of benzene rings is 10. The average Bonchev–Trinajstić information content (AvgIpc) is 0.830. The molecule has 10 aromatic carbocycles. The number of urea groups is 3. The fourth-order valence-corrected chi connectivity index (χ4v) is 13.9. The van der Waals surface area contributed by atoms with Crippen LogP contribution < -0.4 is 60.3 Å². The molecule has 0 aliphatic heterocycles. The smallest absolute Gasteiger partial charge is 0.481 e. The molecule has 0 bridgehead atoms. The summed E-state index contributed by atoms with van der Waals surface area (Å²) < 4.78 is 260. The minimum Gasteiger partial charge on any atom is -0.481 e. The Kier molecular flexibility index (Phi) is 36.9. The highest BCUT2D eigenvalue weighted by Gasteiger charge is 2.45. The fourth-order valence-electron chi connectivity index (χ4n) is 13.9. The molecular formula is C92H88F18N6O16. The summed E-state index contributed by atoms with van der Waals surface area (Å²) in [5.41, 5.74) is -1.45. The summed E-state index contributed by atoms with van der Waals surface area (Å²) >= 11 is 0. The molecular weight excluding hydrogens is 1790 g/mol. The Morgan fingerprint density at radius 3 is 0.909 bits per heavy atom. The van der Waals surface area contributed by atoms with Gasteiger partial charge in [0.1, 0.15) is 40.5 Å². The molecule has 10 aromatic rings. The molecule has 3 atom stereocenters. The summed E-state index contributed by atoms with van der Waals surface area (Å²) in [7, 11) is 0. The van der Waals surface area contributed by atoms with Gasteiger partial charge in [-0.05, 0) is 159 Å². The van der Waals surface area contributed by atoms with E-state index < -0.39 is 143 Å². The van der Waals surface area contributed by atoms with Crippen LogP contribution in [0.4, 0.5) is 93.4 Å². The average molecular weight is 1880 g/mol. The second kappa shape index (κ2) is 45.8. The Balaban J connectivity index is 0.000000303. The zero-order valence-corrected chi connectivity index (χ0v) is 66.8. The largest absolute Gasteiger partial charge is 0.573 e. The molecule has 0 saturated heterocycles. The van der Waals surface area contributed by atoms with Gasteiger partial charge in [-0.15, -0.1) is 79.0 Å². The van der Waals surface area contributed by atoms with Crippen LogP contribution in [0.15, 0.2) is 267 Å². The van der Waals surface area contributed by atoms with Gasteiger partial charge in [0.25, 0.3) is 0 Å². The number of carboxylic acids is 3. The van der Waals surface area contributed by atoms with Crippen LogP contribution in [0.3, 0.4) is 0 Å². The van der Waals surface area contributed by atoms with E-state index >= 15 is 0 Å².